The lowest BCUT2D eigenvalue weighted by Gasteiger charge is -2.32. The van der Waals surface area contributed by atoms with Crippen LogP contribution in [0.2, 0.25) is 0 Å². The summed E-state index contributed by atoms with van der Waals surface area (Å²) in [4.78, 5) is 14.1. The third-order valence-corrected chi connectivity index (χ3v) is 7.23. The van der Waals surface area contributed by atoms with Crippen LogP contribution >= 0.6 is 0 Å². The van der Waals surface area contributed by atoms with Gasteiger partial charge in [-0.05, 0) is 77.6 Å². The fourth-order valence-electron chi connectivity index (χ4n) is 4.86. The summed E-state index contributed by atoms with van der Waals surface area (Å²) in [6, 6.07) is 0. The Morgan fingerprint density at radius 2 is 2.03 bits per heavy atom. The molecular weight excluding hydrogens is 386 g/mol. The van der Waals surface area contributed by atoms with E-state index in [-0.39, 0.29) is 29.4 Å². The summed E-state index contributed by atoms with van der Waals surface area (Å²) >= 11 is 0. The number of fused-ring (bicyclic) bond motifs is 1. The molecule has 0 aromatic heterocycles. The smallest absolute Gasteiger partial charge is 0.222 e. The van der Waals surface area contributed by atoms with Crippen molar-refractivity contribution in [2.45, 2.75) is 97.3 Å². The molecular formula is C27H43NO3. The number of unbranched alkanes of at least 4 members (excludes halogenated alkanes) is 1. The molecule has 0 radical (unpaired) electrons. The zero-order valence-corrected chi connectivity index (χ0v) is 20.4. The lowest BCUT2D eigenvalue weighted by atomic mass is 9.89. The number of carbonyl (C=O) groups is 1. The Kier molecular flexibility index (Phi) is 9.40. The molecule has 2 saturated carbocycles. The Hall–Kier alpha value is -1.57. The zero-order chi connectivity index (χ0) is 23.2. The van der Waals surface area contributed by atoms with Gasteiger partial charge in [-0.25, -0.2) is 0 Å². The van der Waals surface area contributed by atoms with E-state index in [1.807, 2.05) is 31.9 Å². The van der Waals surface area contributed by atoms with Gasteiger partial charge in [-0.2, -0.15) is 0 Å². The van der Waals surface area contributed by atoms with E-state index in [0.717, 1.165) is 32.1 Å². The molecule has 2 aliphatic rings. The standard InChI is InChI=1S/C27H43NO3/c1-7-8-11-19(2)24(29)15-14-22-23-17-20(16-21(23)18-25(22)30)12-9-10-13-26(31)28(6)27(3,4)5/h12,14-15,19,21-25,29-30H,9-11,13,16-18H2,1-6H3/b15-14+,20-12+/t19-,21-,22+,23-,24+,25+/m0/s1. The van der Waals surface area contributed by atoms with E-state index < -0.39 is 6.10 Å². The largest absolute Gasteiger partial charge is 0.392 e. The number of aliphatic hydroxyl groups is 2. The van der Waals surface area contributed by atoms with Crippen molar-refractivity contribution >= 4 is 5.91 Å². The van der Waals surface area contributed by atoms with Crippen LogP contribution < -0.4 is 0 Å². The van der Waals surface area contributed by atoms with Crippen molar-refractivity contribution in [3.63, 3.8) is 0 Å². The van der Waals surface area contributed by atoms with Crippen molar-refractivity contribution in [1.29, 1.82) is 0 Å². The summed E-state index contributed by atoms with van der Waals surface area (Å²) in [5.41, 5.74) is 1.35. The highest BCUT2D eigenvalue weighted by Crippen LogP contribution is 2.50. The van der Waals surface area contributed by atoms with Gasteiger partial charge in [0, 0.05) is 31.3 Å². The SMILES string of the molecule is CC#CC[C@H](C)[C@H](O)/C=C/[C@@H]1[C@H]2C/C(=C/CCCC(=O)N(C)C(C)(C)C)C[C@H]2C[C@H]1O. The van der Waals surface area contributed by atoms with Crippen LogP contribution in [0.3, 0.4) is 0 Å². The topological polar surface area (TPSA) is 60.8 Å². The first kappa shape index (κ1) is 25.7. The predicted molar refractivity (Wildman–Crippen MR) is 127 cm³/mol. The first-order chi connectivity index (χ1) is 14.5. The molecule has 2 N–H and O–H groups in total. The predicted octanol–water partition coefficient (Wildman–Crippen LogP) is 4.71. The lowest BCUT2D eigenvalue weighted by molar-refractivity contribution is -0.134. The number of hydrogen-bond acceptors (Lipinski definition) is 3. The molecule has 4 nitrogen and oxygen atoms in total. The molecule has 0 aliphatic heterocycles. The Morgan fingerprint density at radius 3 is 2.68 bits per heavy atom. The van der Waals surface area contributed by atoms with E-state index in [9.17, 15) is 15.0 Å². The maximum atomic E-state index is 12.3. The molecule has 2 rings (SSSR count). The maximum absolute atomic E-state index is 12.3. The van der Waals surface area contributed by atoms with Gasteiger partial charge in [0.05, 0.1) is 12.2 Å². The summed E-state index contributed by atoms with van der Waals surface area (Å²) < 4.78 is 0. The van der Waals surface area contributed by atoms with Gasteiger partial charge in [-0.15, -0.1) is 11.8 Å². The fraction of sp³-hybridized carbons (Fsp3) is 0.741. The van der Waals surface area contributed by atoms with E-state index in [1.165, 1.54) is 5.57 Å². The van der Waals surface area contributed by atoms with Crippen LogP contribution in [0, 0.1) is 35.5 Å². The van der Waals surface area contributed by atoms with Crippen molar-refractivity contribution < 1.29 is 15.0 Å². The number of rotatable bonds is 8. The molecule has 0 aromatic rings. The van der Waals surface area contributed by atoms with Gasteiger partial charge in [-0.3, -0.25) is 4.79 Å². The molecule has 0 saturated heterocycles. The molecule has 0 aromatic carbocycles. The molecule has 2 fully saturated rings. The average Bonchev–Trinajstić information content (AvgIpc) is 3.22. The van der Waals surface area contributed by atoms with Crippen molar-refractivity contribution in [2.75, 3.05) is 7.05 Å². The fourth-order valence-corrected chi connectivity index (χ4v) is 4.86. The molecule has 1 amide bonds. The van der Waals surface area contributed by atoms with Crippen LogP contribution in [0.15, 0.2) is 23.8 Å². The van der Waals surface area contributed by atoms with Crippen molar-refractivity contribution in [2.24, 2.45) is 23.7 Å². The molecule has 0 heterocycles. The monoisotopic (exact) mass is 429 g/mol. The second kappa shape index (κ2) is 11.3. The number of aliphatic hydroxyl groups excluding tert-OH is 2. The molecule has 4 heteroatoms. The number of allylic oxidation sites excluding steroid dienone is 2. The minimum atomic E-state index is -0.521. The Bertz CT molecular complexity index is 721. The number of carbonyl (C=O) groups excluding carboxylic acids is 1. The van der Waals surface area contributed by atoms with Crippen molar-refractivity contribution in [3.05, 3.63) is 23.8 Å². The van der Waals surface area contributed by atoms with Crippen LogP contribution in [0.5, 0.6) is 0 Å². The van der Waals surface area contributed by atoms with E-state index >= 15 is 0 Å². The van der Waals surface area contributed by atoms with E-state index in [4.69, 9.17) is 0 Å². The normalized spacial score (nSPS) is 29.0. The Labute approximate surface area is 189 Å². The molecule has 6 atom stereocenters. The number of nitrogens with zero attached hydrogens (tertiary/aromatic N) is 1. The molecule has 2 aliphatic carbocycles. The third-order valence-electron chi connectivity index (χ3n) is 7.23. The van der Waals surface area contributed by atoms with E-state index in [0.29, 0.717) is 24.7 Å². The minimum Gasteiger partial charge on any atom is -0.392 e. The van der Waals surface area contributed by atoms with Gasteiger partial charge in [0.15, 0.2) is 0 Å². The Morgan fingerprint density at radius 1 is 1.32 bits per heavy atom. The van der Waals surface area contributed by atoms with Crippen molar-refractivity contribution in [3.8, 4) is 11.8 Å². The molecule has 0 bridgehead atoms. The van der Waals surface area contributed by atoms with Crippen LogP contribution in [0.25, 0.3) is 0 Å². The zero-order valence-electron chi connectivity index (χ0n) is 20.4. The third kappa shape index (κ3) is 7.22. The summed E-state index contributed by atoms with van der Waals surface area (Å²) in [6.07, 6.45) is 11.5. The molecule has 0 unspecified atom stereocenters. The highest BCUT2D eigenvalue weighted by Gasteiger charge is 2.45. The number of amides is 1. The second-order valence-corrected chi connectivity index (χ2v) is 10.6. The van der Waals surface area contributed by atoms with Gasteiger partial charge in [0.1, 0.15) is 0 Å². The Balaban J connectivity index is 1.85. The van der Waals surface area contributed by atoms with Gasteiger partial charge < -0.3 is 15.1 Å². The van der Waals surface area contributed by atoms with Crippen LogP contribution in [0.4, 0.5) is 0 Å². The van der Waals surface area contributed by atoms with Gasteiger partial charge in [-0.1, -0.05) is 30.7 Å². The highest BCUT2D eigenvalue weighted by atomic mass is 16.3. The van der Waals surface area contributed by atoms with Gasteiger partial charge >= 0.3 is 0 Å². The summed E-state index contributed by atoms with van der Waals surface area (Å²) in [7, 11) is 1.88. The minimum absolute atomic E-state index is 0.0946. The van der Waals surface area contributed by atoms with Crippen molar-refractivity contribution in [1.82, 2.24) is 4.90 Å². The summed E-state index contributed by atoms with van der Waals surface area (Å²) in [5.74, 6) is 7.33. The molecule has 174 valence electrons. The first-order valence-electron chi connectivity index (χ1n) is 11.9. The quantitative estimate of drug-likeness (QED) is 0.334. The van der Waals surface area contributed by atoms with Crippen LogP contribution in [0.1, 0.15) is 79.6 Å². The second-order valence-electron chi connectivity index (χ2n) is 10.6. The van der Waals surface area contributed by atoms with Crippen LogP contribution in [-0.2, 0) is 4.79 Å². The van der Waals surface area contributed by atoms with Crippen LogP contribution in [-0.4, -0.2) is 45.8 Å². The van der Waals surface area contributed by atoms with Gasteiger partial charge in [0.2, 0.25) is 5.91 Å². The highest BCUT2D eigenvalue weighted by molar-refractivity contribution is 5.76. The average molecular weight is 430 g/mol. The van der Waals surface area contributed by atoms with E-state index in [1.54, 1.807) is 0 Å². The van der Waals surface area contributed by atoms with E-state index in [2.05, 4.69) is 44.8 Å². The van der Waals surface area contributed by atoms with Gasteiger partial charge in [0.25, 0.3) is 0 Å². The number of hydrogen-bond donors (Lipinski definition) is 2. The lowest BCUT2D eigenvalue weighted by Crippen LogP contribution is -2.42. The molecule has 0 spiro atoms. The molecule has 31 heavy (non-hydrogen) atoms. The first-order valence-corrected chi connectivity index (χ1v) is 11.9. The summed E-state index contributed by atoms with van der Waals surface area (Å²) in [5, 5.41) is 20.9. The maximum Gasteiger partial charge on any atom is 0.222 e. The summed E-state index contributed by atoms with van der Waals surface area (Å²) in [6.45, 7) is 10.00.